The van der Waals surface area contributed by atoms with Gasteiger partial charge in [-0.25, -0.2) is 0 Å². The van der Waals surface area contributed by atoms with Crippen LogP contribution < -0.4 is 5.32 Å². The number of nitrogens with one attached hydrogen (secondary N) is 1. The summed E-state index contributed by atoms with van der Waals surface area (Å²) in [4.78, 5) is 0. The number of rotatable bonds is 2. The van der Waals surface area contributed by atoms with Crippen LogP contribution in [0.3, 0.4) is 0 Å². The fourth-order valence-corrected chi connectivity index (χ4v) is 2.75. The molecular formula is C17H18ClNO. The molecule has 1 heterocycles. The zero-order chi connectivity index (χ0) is 13.9. The lowest BCUT2D eigenvalue weighted by Gasteiger charge is -2.36. The maximum Gasteiger partial charge on any atom is 0.0984 e. The van der Waals surface area contributed by atoms with Gasteiger partial charge in [0.05, 0.1) is 12.2 Å². The summed E-state index contributed by atoms with van der Waals surface area (Å²) in [7, 11) is 0. The van der Waals surface area contributed by atoms with Crippen molar-refractivity contribution in [2.75, 3.05) is 6.54 Å². The molecule has 0 aliphatic carbocycles. The molecule has 0 spiro atoms. The van der Waals surface area contributed by atoms with Gasteiger partial charge in [-0.3, -0.25) is 0 Å². The van der Waals surface area contributed by atoms with Gasteiger partial charge in [0, 0.05) is 17.6 Å². The molecular weight excluding hydrogens is 270 g/mol. The van der Waals surface area contributed by atoms with E-state index in [2.05, 4.69) is 24.4 Å². The van der Waals surface area contributed by atoms with Crippen molar-refractivity contribution >= 4 is 11.6 Å². The Hall–Kier alpha value is -1.35. The summed E-state index contributed by atoms with van der Waals surface area (Å²) < 4.78 is 6.31. The van der Waals surface area contributed by atoms with E-state index < -0.39 is 0 Å². The molecule has 1 saturated heterocycles. The van der Waals surface area contributed by atoms with Gasteiger partial charge in [0.25, 0.3) is 0 Å². The van der Waals surface area contributed by atoms with E-state index in [0.29, 0.717) is 0 Å². The molecule has 0 bridgehead atoms. The van der Waals surface area contributed by atoms with Crippen molar-refractivity contribution in [1.82, 2.24) is 5.32 Å². The van der Waals surface area contributed by atoms with Crippen LogP contribution in [0.4, 0.5) is 0 Å². The van der Waals surface area contributed by atoms with E-state index in [0.717, 1.165) is 17.1 Å². The molecule has 1 N–H and O–H groups in total. The van der Waals surface area contributed by atoms with Crippen LogP contribution in [-0.4, -0.2) is 12.6 Å². The molecule has 0 aromatic heterocycles. The lowest BCUT2D eigenvalue weighted by Crippen LogP contribution is -2.43. The number of morpholine rings is 1. The Morgan fingerprint density at radius 2 is 1.70 bits per heavy atom. The van der Waals surface area contributed by atoms with Crippen LogP contribution in [0.15, 0.2) is 54.6 Å². The Morgan fingerprint density at radius 3 is 2.40 bits per heavy atom. The van der Waals surface area contributed by atoms with Crippen LogP contribution in [0.2, 0.25) is 5.02 Å². The van der Waals surface area contributed by atoms with E-state index in [4.69, 9.17) is 16.3 Å². The van der Waals surface area contributed by atoms with Crippen molar-refractivity contribution in [3.05, 3.63) is 70.7 Å². The highest BCUT2D eigenvalue weighted by Gasteiger charge is 2.29. The first-order valence-corrected chi connectivity index (χ1v) is 7.31. The molecule has 3 atom stereocenters. The van der Waals surface area contributed by atoms with E-state index in [1.807, 2.05) is 42.5 Å². The smallest absolute Gasteiger partial charge is 0.0984 e. The van der Waals surface area contributed by atoms with Crippen molar-refractivity contribution in [2.45, 2.75) is 25.2 Å². The molecule has 2 nitrogen and oxygen atoms in total. The molecule has 0 amide bonds. The minimum absolute atomic E-state index is 0.0474. The van der Waals surface area contributed by atoms with Crippen molar-refractivity contribution in [2.24, 2.45) is 0 Å². The first kappa shape index (κ1) is 13.6. The molecule has 1 aliphatic heterocycles. The third-order valence-corrected chi connectivity index (χ3v) is 4.01. The molecule has 3 unspecified atom stereocenters. The third-order valence-electron chi connectivity index (χ3n) is 3.76. The average molecular weight is 288 g/mol. The fraction of sp³-hybridized carbons (Fsp3) is 0.294. The Morgan fingerprint density at radius 1 is 1.00 bits per heavy atom. The van der Waals surface area contributed by atoms with Gasteiger partial charge in [0.2, 0.25) is 0 Å². The van der Waals surface area contributed by atoms with E-state index in [1.54, 1.807) is 0 Å². The van der Waals surface area contributed by atoms with Gasteiger partial charge in [-0.1, -0.05) is 54.1 Å². The average Bonchev–Trinajstić information content (AvgIpc) is 2.50. The molecule has 3 rings (SSSR count). The maximum absolute atomic E-state index is 6.31. The van der Waals surface area contributed by atoms with Crippen LogP contribution in [0.25, 0.3) is 0 Å². The van der Waals surface area contributed by atoms with E-state index in [-0.39, 0.29) is 18.2 Å². The van der Waals surface area contributed by atoms with Crippen molar-refractivity contribution < 1.29 is 4.74 Å². The second-order valence-corrected chi connectivity index (χ2v) is 5.64. The molecule has 104 valence electrons. The first-order valence-electron chi connectivity index (χ1n) is 6.93. The number of halogens is 1. The number of hydrogen-bond acceptors (Lipinski definition) is 2. The number of benzene rings is 2. The molecule has 20 heavy (non-hydrogen) atoms. The zero-order valence-corrected chi connectivity index (χ0v) is 12.2. The van der Waals surface area contributed by atoms with E-state index in [9.17, 15) is 0 Å². The minimum atomic E-state index is 0.0474. The topological polar surface area (TPSA) is 21.3 Å². The molecule has 1 aliphatic rings. The van der Waals surface area contributed by atoms with Gasteiger partial charge in [-0.05, 0) is 30.2 Å². The Kier molecular flexibility index (Phi) is 4.06. The van der Waals surface area contributed by atoms with Gasteiger partial charge in [0.1, 0.15) is 0 Å². The monoisotopic (exact) mass is 287 g/mol. The fourth-order valence-electron chi connectivity index (χ4n) is 2.63. The Labute approximate surface area is 124 Å². The summed E-state index contributed by atoms with van der Waals surface area (Å²) in [6, 6.07) is 18.6. The predicted octanol–water partition coefficient (Wildman–Crippen LogP) is 4.13. The quantitative estimate of drug-likeness (QED) is 0.897. The highest BCUT2D eigenvalue weighted by atomic mass is 35.5. The van der Waals surface area contributed by atoms with Gasteiger partial charge in [-0.15, -0.1) is 0 Å². The van der Waals surface area contributed by atoms with Crippen LogP contribution >= 0.6 is 11.6 Å². The molecule has 2 aromatic rings. The summed E-state index contributed by atoms with van der Waals surface area (Å²) in [6.07, 6.45) is 0.138. The lowest BCUT2D eigenvalue weighted by atomic mass is 9.99. The normalized spacial score (nSPS) is 26.4. The summed E-state index contributed by atoms with van der Waals surface area (Å²) in [5.41, 5.74) is 2.38. The Bertz CT molecular complexity index is 555. The van der Waals surface area contributed by atoms with Crippen LogP contribution in [0, 0.1) is 0 Å². The van der Waals surface area contributed by atoms with Gasteiger partial charge >= 0.3 is 0 Å². The van der Waals surface area contributed by atoms with Crippen LogP contribution in [0.5, 0.6) is 0 Å². The second-order valence-electron chi connectivity index (χ2n) is 5.20. The van der Waals surface area contributed by atoms with Crippen molar-refractivity contribution in [3.63, 3.8) is 0 Å². The number of hydrogen-bond donors (Lipinski definition) is 1. The standard InChI is InChI=1S/C17H18ClNO/c1-12-17(14-7-9-15(18)10-8-14)20-16(11-19-12)13-5-3-2-4-6-13/h2-10,12,16-17,19H,11H2,1H3. The van der Waals surface area contributed by atoms with Crippen molar-refractivity contribution in [3.8, 4) is 0 Å². The van der Waals surface area contributed by atoms with Crippen molar-refractivity contribution in [1.29, 1.82) is 0 Å². The third kappa shape index (κ3) is 2.88. The highest BCUT2D eigenvalue weighted by molar-refractivity contribution is 6.30. The predicted molar refractivity (Wildman–Crippen MR) is 81.9 cm³/mol. The van der Waals surface area contributed by atoms with E-state index in [1.165, 1.54) is 5.56 Å². The highest BCUT2D eigenvalue weighted by Crippen LogP contribution is 2.33. The van der Waals surface area contributed by atoms with Gasteiger partial charge in [-0.2, -0.15) is 0 Å². The largest absolute Gasteiger partial charge is 0.363 e. The van der Waals surface area contributed by atoms with Gasteiger partial charge < -0.3 is 10.1 Å². The number of ether oxygens (including phenoxy) is 1. The molecule has 3 heteroatoms. The first-order chi connectivity index (χ1) is 9.74. The summed E-state index contributed by atoms with van der Waals surface area (Å²) in [5, 5.41) is 4.29. The molecule has 0 saturated carbocycles. The minimum Gasteiger partial charge on any atom is -0.363 e. The van der Waals surface area contributed by atoms with Crippen LogP contribution in [0.1, 0.15) is 30.3 Å². The van der Waals surface area contributed by atoms with Gasteiger partial charge in [0.15, 0.2) is 0 Å². The lowest BCUT2D eigenvalue weighted by molar-refractivity contribution is -0.0632. The molecule has 1 fully saturated rings. The zero-order valence-electron chi connectivity index (χ0n) is 11.4. The summed E-state index contributed by atoms with van der Waals surface area (Å²) in [5.74, 6) is 0. The maximum atomic E-state index is 6.31. The molecule has 2 aromatic carbocycles. The summed E-state index contributed by atoms with van der Waals surface area (Å²) in [6.45, 7) is 3.00. The Balaban J connectivity index is 1.82. The SMILES string of the molecule is CC1NCC(c2ccccc2)OC1c1ccc(Cl)cc1. The molecule has 0 radical (unpaired) electrons. The summed E-state index contributed by atoms with van der Waals surface area (Å²) >= 11 is 5.96. The van der Waals surface area contributed by atoms with E-state index >= 15 is 0 Å². The second kappa shape index (κ2) is 5.96. The van der Waals surface area contributed by atoms with Crippen LogP contribution in [-0.2, 0) is 4.74 Å².